The summed E-state index contributed by atoms with van der Waals surface area (Å²) in [5, 5.41) is 39.8. The molecule has 1 heterocycles. The summed E-state index contributed by atoms with van der Waals surface area (Å²) in [6.45, 7) is 4.33. The minimum atomic E-state index is -1.54. The number of ether oxygens (including phenoxy) is 4. The van der Waals surface area contributed by atoms with Gasteiger partial charge in [0, 0.05) is 13.0 Å². The first kappa shape index (κ1) is 44.9. The standard InChI is InChI=1S/C40H68O9/c1-3-5-7-9-11-12-13-14-15-16-17-18-19-20-21-22-23-25-27-29-36(42)48-34(32-46-30-28-26-24-10-8-6-4-2)33-47-40-39(45)38(44)37(43)35(31-41)49-40/h5,7,11-12,14-15,17-18,20-21,34-35,37-41,43-45H,3-4,6,8-10,13,16,19,22-33H2,1-2H3/b7-5-,12-11-,15-14-,18-17-,21-20-. The van der Waals surface area contributed by atoms with Crippen LogP contribution in [0.25, 0.3) is 0 Å². The summed E-state index contributed by atoms with van der Waals surface area (Å²) in [5.74, 6) is -0.350. The summed E-state index contributed by atoms with van der Waals surface area (Å²) in [4.78, 5) is 12.7. The molecule has 0 aliphatic carbocycles. The number of unbranched alkanes of at least 4 members (excludes halogenated alkanes) is 9. The van der Waals surface area contributed by atoms with E-state index in [4.69, 9.17) is 18.9 Å². The van der Waals surface area contributed by atoms with Crippen molar-refractivity contribution in [2.45, 2.75) is 160 Å². The van der Waals surface area contributed by atoms with Gasteiger partial charge in [0.05, 0.1) is 19.8 Å². The second-order valence-electron chi connectivity index (χ2n) is 12.6. The predicted molar refractivity (Wildman–Crippen MR) is 196 cm³/mol. The molecule has 0 amide bonds. The monoisotopic (exact) mass is 692 g/mol. The molecule has 49 heavy (non-hydrogen) atoms. The Kier molecular flexibility index (Phi) is 29.2. The fraction of sp³-hybridized carbons (Fsp3) is 0.725. The van der Waals surface area contributed by atoms with Crippen LogP contribution < -0.4 is 0 Å². The number of aliphatic hydroxyl groups is 4. The fourth-order valence-corrected chi connectivity index (χ4v) is 5.22. The first-order chi connectivity index (χ1) is 23.9. The molecular formula is C40H68O9. The van der Waals surface area contributed by atoms with E-state index in [1.807, 2.05) is 0 Å². The SMILES string of the molecule is CC/C=C\C/C=C\C/C=C\C/C=C\C/C=C\CCCCCC(=O)OC(COCCCCCCCCC)COC1OC(CO)C(O)C(O)C1O. The maximum absolute atomic E-state index is 12.7. The van der Waals surface area contributed by atoms with Crippen LogP contribution in [0.4, 0.5) is 0 Å². The molecule has 1 rings (SSSR count). The van der Waals surface area contributed by atoms with E-state index in [1.165, 1.54) is 32.1 Å². The topological polar surface area (TPSA) is 135 Å². The molecular weight excluding hydrogens is 624 g/mol. The average molecular weight is 693 g/mol. The molecule has 0 bridgehead atoms. The number of hydrogen-bond acceptors (Lipinski definition) is 9. The van der Waals surface area contributed by atoms with Gasteiger partial charge in [0.15, 0.2) is 6.29 Å². The van der Waals surface area contributed by atoms with E-state index in [9.17, 15) is 25.2 Å². The zero-order valence-corrected chi connectivity index (χ0v) is 30.4. The molecule has 1 aliphatic rings. The quantitative estimate of drug-likeness (QED) is 0.0351. The molecule has 0 aromatic carbocycles. The van der Waals surface area contributed by atoms with Gasteiger partial charge in [-0.15, -0.1) is 0 Å². The molecule has 0 spiro atoms. The van der Waals surface area contributed by atoms with Gasteiger partial charge in [0.1, 0.15) is 30.5 Å². The summed E-state index contributed by atoms with van der Waals surface area (Å²) >= 11 is 0. The van der Waals surface area contributed by atoms with Crippen LogP contribution in [0.5, 0.6) is 0 Å². The molecule has 9 nitrogen and oxygen atoms in total. The molecule has 0 aromatic rings. The summed E-state index contributed by atoms with van der Waals surface area (Å²) in [6, 6.07) is 0. The van der Waals surface area contributed by atoms with Crippen LogP contribution in [0, 0.1) is 0 Å². The van der Waals surface area contributed by atoms with Gasteiger partial charge in [-0.2, -0.15) is 0 Å². The third-order valence-electron chi connectivity index (χ3n) is 8.20. The lowest BCUT2D eigenvalue weighted by molar-refractivity contribution is -0.305. The summed E-state index contributed by atoms with van der Waals surface area (Å²) < 4.78 is 22.6. The number of aliphatic hydroxyl groups excluding tert-OH is 4. The first-order valence-electron chi connectivity index (χ1n) is 18.9. The van der Waals surface area contributed by atoms with E-state index < -0.39 is 43.4 Å². The lowest BCUT2D eigenvalue weighted by atomic mass is 9.99. The van der Waals surface area contributed by atoms with Gasteiger partial charge in [0.25, 0.3) is 0 Å². The third kappa shape index (κ3) is 23.8. The lowest BCUT2D eigenvalue weighted by Gasteiger charge is -2.39. The van der Waals surface area contributed by atoms with Crippen LogP contribution in [-0.2, 0) is 23.7 Å². The molecule has 0 aromatic heterocycles. The highest BCUT2D eigenvalue weighted by Gasteiger charge is 2.44. The molecule has 1 fully saturated rings. The predicted octanol–water partition coefficient (Wildman–Crippen LogP) is 7.18. The average Bonchev–Trinajstić information content (AvgIpc) is 3.10. The molecule has 282 valence electrons. The fourth-order valence-electron chi connectivity index (χ4n) is 5.22. The van der Waals surface area contributed by atoms with E-state index in [1.54, 1.807) is 0 Å². The lowest BCUT2D eigenvalue weighted by Crippen LogP contribution is -2.59. The summed E-state index contributed by atoms with van der Waals surface area (Å²) in [5.41, 5.74) is 0. The van der Waals surface area contributed by atoms with Crippen molar-refractivity contribution in [2.24, 2.45) is 0 Å². The molecule has 0 saturated carbocycles. The Hall–Kier alpha value is -2.11. The van der Waals surface area contributed by atoms with Crippen LogP contribution in [0.3, 0.4) is 0 Å². The van der Waals surface area contributed by atoms with Crippen LogP contribution in [0.2, 0.25) is 0 Å². The van der Waals surface area contributed by atoms with Crippen molar-refractivity contribution < 1.29 is 44.2 Å². The van der Waals surface area contributed by atoms with E-state index in [-0.39, 0.29) is 25.6 Å². The van der Waals surface area contributed by atoms with Crippen LogP contribution >= 0.6 is 0 Å². The smallest absolute Gasteiger partial charge is 0.306 e. The van der Waals surface area contributed by atoms with Crippen molar-refractivity contribution in [2.75, 3.05) is 26.4 Å². The minimum Gasteiger partial charge on any atom is -0.457 e. The van der Waals surface area contributed by atoms with E-state index >= 15 is 0 Å². The Morgan fingerprint density at radius 1 is 0.673 bits per heavy atom. The van der Waals surface area contributed by atoms with Gasteiger partial charge < -0.3 is 39.4 Å². The Labute approximate surface area is 296 Å². The Balaban J connectivity index is 2.33. The third-order valence-corrected chi connectivity index (χ3v) is 8.20. The molecule has 1 aliphatic heterocycles. The number of esters is 1. The maximum Gasteiger partial charge on any atom is 0.306 e. The molecule has 0 radical (unpaired) electrons. The van der Waals surface area contributed by atoms with Crippen molar-refractivity contribution in [1.29, 1.82) is 0 Å². The summed E-state index contributed by atoms with van der Waals surface area (Å²) in [7, 11) is 0. The van der Waals surface area contributed by atoms with Gasteiger partial charge in [-0.1, -0.05) is 120 Å². The molecule has 4 N–H and O–H groups in total. The van der Waals surface area contributed by atoms with Gasteiger partial charge in [-0.3, -0.25) is 4.79 Å². The zero-order valence-electron chi connectivity index (χ0n) is 30.4. The van der Waals surface area contributed by atoms with E-state index in [2.05, 4.69) is 74.6 Å². The molecule has 6 atom stereocenters. The molecule has 9 heteroatoms. The van der Waals surface area contributed by atoms with Crippen molar-refractivity contribution in [1.82, 2.24) is 0 Å². The normalized spacial score (nSPS) is 22.4. The Morgan fingerprint density at radius 2 is 1.24 bits per heavy atom. The first-order valence-corrected chi connectivity index (χ1v) is 18.9. The van der Waals surface area contributed by atoms with Gasteiger partial charge in [0.2, 0.25) is 0 Å². The zero-order chi connectivity index (χ0) is 35.8. The second-order valence-corrected chi connectivity index (χ2v) is 12.6. The Morgan fingerprint density at radius 3 is 1.86 bits per heavy atom. The number of carbonyl (C=O) groups excluding carboxylic acids is 1. The van der Waals surface area contributed by atoms with Crippen molar-refractivity contribution in [3.05, 3.63) is 60.8 Å². The largest absolute Gasteiger partial charge is 0.457 e. The molecule has 6 unspecified atom stereocenters. The maximum atomic E-state index is 12.7. The van der Waals surface area contributed by atoms with Crippen molar-refractivity contribution in [3.63, 3.8) is 0 Å². The van der Waals surface area contributed by atoms with Crippen molar-refractivity contribution in [3.8, 4) is 0 Å². The van der Waals surface area contributed by atoms with Gasteiger partial charge in [-0.05, 0) is 57.8 Å². The number of rotatable bonds is 30. The van der Waals surface area contributed by atoms with Gasteiger partial charge in [-0.25, -0.2) is 0 Å². The van der Waals surface area contributed by atoms with Gasteiger partial charge >= 0.3 is 5.97 Å². The van der Waals surface area contributed by atoms with Crippen LogP contribution in [-0.4, -0.2) is 89.6 Å². The van der Waals surface area contributed by atoms with Crippen LogP contribution in [0.1, 0.15) is 123 Å². The second kappa shape index (κ2) is 31.8. The number of carbonyl (C=O) groups is 1. The number of allylic oxidation sites excluding steroid dienone is 10. The minimum absolute atomic E-state index is 0.128. The van der Waals surface area contributed by atoms with E-state index in [0.29, 0.717) is 13.0 Å². The Bertz CT molecular complexity index is 927. The highest BCUT2D eigenvalue weighted by atomic mass is 16.7. The highest BCUT2D eigenvalue weighted by Crippen LogP contribution is 2.22. The highest BCUT2D eigenvalue weighted by molar-refractivity contribution is 5.69. The van der Waals surface area contributed by atoms with Crippen LogP contribution in [0.15, 0.2) is 60.8 Å². The number of hydrogen-bond donors (Lipinski definition) is 4. The molecule has 1 saturated heterocycles. The van der Waals surface area contributed by atoms with Crippen molar-refractivity contribution >= 4 is 5.97 Å². The van der Waals surface area contributed by atoms with E-state index in [0.717, 1.165) is 64.2 Å². The summed E-state index contributed by atoms with van der Waals surface area (Å²) in [6.07, 6.45) is 31.1.